The van der Waals surface area contributed by atoms with Gasteiger partial charge in [0, 0.05) is 5.56 Å². The quantitative estimate of drug-likeness (QED) is 0.574. The summed E-state index contributed by atoms with van der Waals surface area (Å²) in [5.74, 6) is 2.52. The minimum Gasteiger partial charge on any atom is -0.270 e. The molecule has 0 amide bonds. The molecule has 0 bridgehead atoms. The zero-order valence-electron chi connectivity index (χ0n) is 8.72. The van der Waals surface area contributed by atoms with Gasteiger partial charge in [-0.2, -0.15) is 8.42 Å². The normalized spacial score (nSPS) is 22.8. The van der Waals surface area contributed by atoms with E-state index in [0.717, 1.165) is 11.1 Å². The van der Waals surface area contributed by atoms with Crippen LogP contribution in [-0.2, 0) is 20.7 Å². The van der Waals surface area contributed by atoms with E-state index in [2.05, 4.69) is 5.92 Å². The molecule has 0 aromatic heterocycles. The van der Waals surface area contributed by atoms with E-state index in [4.69, 9.17) is 10.6 Å². The molecule has 1 saturated heterocycles. The van der Waals surface area contributed by atoms with E-state index in [-0.39, 0.29) is 0 Å². The summed E-state index contributed by atoms with van der Waals surface area (Å²) < 4.78 is 27.6. The molecule has 0 saturated carbocycles. The number of hydrogen-bond donors (Lipinski definition) is 0. The summed E-state index contributed by atoms with van der Waals surface area (Å²) in [6.45, 7) is 0.301. The summed E-state index contributed by atoms with van der Waals surface area (Å²) in [5.41, 5.74) is 1.77. The highest BCUT2D eigenvalue weighted by Gasteiger charge is 2.32. The third kappa shape index (κ3) is 2.26. The fourth-order valence-electron chi connectivity index (χ4n) is 1.74. The van der Waals surface area contributed by atoms with Crippen molar-refractivity contribution >= 4 is 10.1 Å². The second-order valence-electron chi connectivity index (χ2n) is 3.77. The molecule has 1 atom stereocenters. The predicted octanol–water partition coefficient (Wildman–Crippen LogP) is 1.33. The van der Waals surface area contributed by atoms with Crippen molar-refractivity contribution in [1.29, 1.82) is 0 Å². The molecule has 3 nitrogen and oxygen atoms in total. The average molecular weight is 236 g/mol. The van der Waals surface area contributed by atoms with Gasteiger partial charge in [-0.3, -0.25) is 4.18 Å². The first kappa shape index (κ1) is 11.2. The second-order valence-corrected chi connectivity index (χ2v) is 5.66. The van der Waals surface area contributed by atoms with Crippen molar-refractivity contribution in [2.45, 2.75) is 18.1 Å². The molecule has 1 aromatic rings. The minimum absolute atomic E-state index is 0.301. The van der Waals surface area contributed by atoms with Crippen molar-refractivity contribution in [2.75, 3.05) is 6.61 Å². The molecular weight excluding hydrogens is 224 g/mol. The van der Waals surface area contributed by atoms with Crippen molar-refractivity contribution in [3.63, 3.8) is 0 Å². The molecule has 1 heterocycles. The van der Waals surface area contributed by atoms with Crippen LogP contribution < -0.4 is 0 Å². The van der Waals surface area contributed by atoms with Crippen molar-refractivity contribution < 1.29 is 12.6 Å². The van der Waals surface area contributed by atoms with E-state index >= 15 is 0 Å². The molecule has 1 unspecified atom stereocenters. The Morgan fingerprint density at radius 3 is 2.56 bits per heavy atom. The lowest BCUT2D eigenvalue weighted by Gasteiger charge is -2.07. The Morgan fingerprint density at radius 1 is 1.38 bits per heavy atom. The molecule has 1 aromatic carbocycles. The van der Waals surface area contributed by atoms with E-state index in [1.807, 2.05) is 24.3 Å². The molecule has 0 radical (unpaired) electrons. The summed E-state index contributed by atoms with van der Waals surface area (Å²) in [6, 6.07) is 7.36. The van der Waals surface area contributed by atoms with Gasteiger partial charge in [-0.15, -0.1) is 6.42 Å². The first-order chi connectivity index (χ1) is 7.62. The summed E-state index contributed by atoms with van der Waals surface area (Å²) in [7, 11) is -3.34. The average Bonchev–Trinajstić information content (AvgIpc) is 2.59. The fraction of sp³-hybridized carbons (Fsp3) is 0.333. The van der Waals surface area contributed by atoms with Crippen molar-refractivity contribution in [3.8, 4) is 12.3 Å². The molecule has 16 heavy (non-hydrogen) atoms. The van der Waals surface area contributed by atoms with Gasteiger partial charge in [-0.1, -0.05) is 18.1 Å². The van der Waals surface area contributed by atoms with Crippen LogP contribution in [0.4, 0.5) is 0 Å². The Kier molecular flexibility index (Phi) is 2.99. The SMILES string of the molecule is C#Cc1ccc(CC2CCOS2(=O)=O)cc1. The number of benzene rings is 1. The molecule has 0 spiro atoms. The summed E-state index contributed by atoms with van der Waals surface area (Å²) >= 11 is 0. The van der Waals surface area contributed by atoms with Crippen molar-refractivity contribution in [2.24, 2.45) is 0 Å². The van der Waals surface area contributed by atoms with Crippen LogP contribution in [0.1, 0.15) is 17.5 Å². The maximum atomic E-state index is 11.4. The zero-order valence-corrected chi connectivity index (χ0v) is 9.53. The zero-order chi connectivity index (χ0) is 11.6. The van der Waals surface area contributed by atoms with E-state index in [1.165, 1.54) is 0 Å². The molecule has 1 fully saturated rings. The lowest BCUT2D eigenvalue weighted by atomic mass is 10.1. The van der Waals surface area contributed by atoms with Gasteiger partial charge < -0.3 is 0 Å². The van der Waals surface area contributed by atoms with Crippen LogP contribution in [0, 0.1) is 12.3 Å². The van der Waals surface area contributed by atoms with Gasteiger partial charge in [0.25, 0.3) is 10.1 Å². The summed E-state index contributed by atoms with van der Waals surface area (Å²) in [5, 5.41) is -0.413. The van der Waals surface area contributed by atoms with Gasteiger partial charge in [0.1, 0.15) is 0 Å². The molecule has 84 valence electrons. The van der Waals surface area contributed by atoms with Crippen molar-refractivity contribution in [3.05, 3.63) is 35.4 Å². The first-order valence-corrected chi connectivity index (χ1v) is 6.53. The van der Waals surface area contributed by atoms with Gasteiger partial charge in [0.2, 0.25) is 0 Å². The third-order valence-electron chi connectivity index (χ3n) is 2.68. The number of hydrogen-bond acceptors (Lipinski definition) is 3. The van der Waals surface area contributed by atoms with Crippen molar-refractivity contribution in [1.82, 2.24) is 0 Å². The monoisotopic (exact) mass is 236 g/mol. The summed E-state index contributed by atoms with van der Waals surface area (Å²) in [6.07, 6.45) is 6.30. The Balaban J connectivity index is 2.13. The van der Waals surface area contributed by atoms with Crippen LogP contribution >= 0.6 is 0 Å². The van der Waals surface area contributed by atoms with Crippen LogP contribution in [0.5, 0.6) is 0 Å². The Hall–Kier alpha value is -1.31. The standard InChI is InChI=1S/C12H12O3S/c1-2-10-3-5-11(6-4-10)9-12-7-8-15-16(12,13)14/h1,3-6,12H,7-9H2. The highest BCUT2D eigenvalue weighted by atomic mass is 32.2. The maximum Gasteiger partial charge on any atom is 0.270 e. The molecule has 2 rings (SSSR count). The highest BCUT2D eigenvalue weighted by Crippen LogP contribution is 2.21. The summed E-state index contributed by atoms with van der Waals surface area (Å²) in [4.78, 5) is 0. The third-order valence-corrected chi connectivity index (χ3v) is 4.39. The van der Waals surface area contributed by atoms with Gasteiger partial charge in [0.15, 0.2) is 0 Å². The lowest BCUT2D eigenvalue weighted by Crippen LogP contribution is -2.17. The highest BCUT2D eigenvalue weighted by molar-refractivity contribution is 7.87. The van der Waals surface area contributed by atoms with Crippen LogP contribution in [0.2, 0.25) is 0 Å². The molecule has 4 heteroatoms. The fourth-order valence-corrected chi connectivity index (χ4v) is 3.04. The Bertz CT molecular complexity index is 508. The molecule has 1 aliphatic heterocycles. The van der Waals surface area contributed by atoms with Crippen LogP contribution in [0.25, 0.3) is 0 Å². The van der Waals surface area contributed by atoms with Gasteiger partial charge >= 0.3 is 0 Å². The number of rotatable bonds is 2. The van der Waals surface area contributed by atoms with E-state index < -0.39 is 15.4 Å². The second kappa shape index (κ2) is 4.28. The molecule has 0 aliphatic carbocycles. The lowest BCUT2D eigenvalue weighted by molar-refractivity contribution is 0.354. The van der Waals surface area contributed by atoms with E-state index in [9.17, 15) is 8.42 Å². The van der Waals surface area contributed by atoms with E-state index in [1.54, 1.807) is 0 Å². The van der Waals surface area contributed by atoms with Crippen LogP contribution in [0.3, 0.4) is 0 Å². The van der Waals surface area contributed by atoms with E-state index in [0.29, 0.717) is 19.4 Å². The molecule has 0 N–H and O–H groups in total. The van der Waals surface area contributed by atoms with Gasteiger partial charge in [-0.25, -0.2) is 0 Å². The first-order valence-electron chi connectivity index (χ1n) is 5.05. The van der Waals surface area contributed by atoms with Gasteiger partial charge in [0.05, 0.1) is 11.9 Å². The predicted molar refractivity (Wildman–Crippen MR) is 61.4 cm³/mol. The van der Waals surface area contributed by atoms with Crippen LogP contribution in [-0.4, -0.2) is 20.3 Å². The topological polar surface area (TPSA) is 43.4 Å². The minimum atomic E-state index is -3.34. The number of terminal acetylenes is 1. The molecule has 1 aliphatic rings. The van der Waals surface area contributed by atoms with Crippen LogP contribution in [0.15, 0.2) is 24.3 Å². The Morgan fingerprint density at radius 2 is 2.06 bits per heavy atom. The Labute approximate surface area is 95.6 Å². The maximum absolute atomic E-state index is 11.4. The largest absolute Gasteiger partial charge is 0.270 e. The molecular formula is C12H12O3S. The van der Waals surface area contributed by atoms with Gasteiger partial charge in [-0.05, 0) is 30.5 Å². The smallest absolute Gasteiger partial charge is 0.270 e.